The van der Waals surface area contributed by atoms with Crippen molar-refractivity contribution in [3.63, 3.8) is 0 Å². The highest BCUT2D eigenvalue weighted by Gasteiger charge is 2.24. The van der Waals surface area contributed by atoms with Crippen LogP contribution in [0.1, 0.15) is 11.5 Å². The van der Waals surface area contributed by atoms with E-state index in [4.69, 9.17) is 18.0 Å². The van der Waals surface area contributed by atoms with Crippen LogP contribution in [-0.2, 0) is 4.79 Å². The van der Waals surface area contributed by atoms with E-state index >= 15 is 0 Å². The number of halogens is 1. The van der Waals surface area contributed by atoms with Gasteiger partial charge in [-0.1, -0.05) is 54.7 Å². The van der Waals surface area contributed by atoms with E-state index in [9.17, 15) is 9.18 Å². The highest BCUT2D eigenvalue weighted by atomic mass is 32.1. The van der Waals surface area contributed by atoms with Gasteiger partial charge in [-0.25, -0.2) is 4.39 Å². The largest absolute Gasteiger partial charge is 0.392 e. The van der Waals surface area contributed by atoms with Gasteiger partial charge in [-0.05, 0) is 17.7 Å². The van der Waals surface area contributed by atoms with Crippen LogP contribution in [0, 0.1) is 5.82 Å². The zero-order valence-electron chi connectivity index (χ0n) is 10.5. The minimum Gasteiger partial charge on any atom is -0.392 e. The minimum absolute atomic E-state index is 0.0463. The average Bonchev–Trinajstić information content (AvgIpc) is 2.42. The van der Waals surface area contributed by atoms with Gasteiger partial charge in [0.25, 0.3) is 0 Å². The first kappa shape index (κ1) is 14.1. The van der Waals surface area contributed by atoms with E-state index < -0.39 is 17.6 Å². The van der Waals surface area contributed by atoms with Crippen LogP contribution in [0.2, 0.25) is 0 Å². The number of hydrogen-bond acceptors (Lipinski definition) is 2. The summed E-state index contributed by atoms with van der Waals surface area (Å²) in [7, 11) is 0. The summed E-state index contributed by atoms with van der Waals surface area (Å²) in [5.41, 5.74) is 6.42. The molecule has 3 nitrogen and oxygen atoms in total. The van der Waals surface area contributed by atoms with E-state index in [0.29, 0.717) is 5.56 Å². The summed E-state index contributed by atoms with van der Waals surface area (Å²) < 4.78 is 13.5. The number of thiocarbonyl (C=S) groups is 1. The number of nitrogens with two attached hydrogens (primary N) is 1. The Bertz CT molecular complexity index is 631. The van der Waals surface area contributed by atoms with E-state index in [0.717, 1.165) is 0 Å². The zero-order chi connectivity index (χ0) is 14.5. The summed E-state index contributed by atoms with van der Waals surface area (Å²) in [6.45, 7) is 0. The summed E-state index contributed by atoms with van der Waals surface area (Å²) in [5, 5.41) is 2.51. The second-order valence-electron chi connectivity index (χ2n) is 4.22. The molecule has 102 valence electrons. The number of amides is 1. The predicted molar refractivity (Wildman–Crippen MR) is 81.0 cm³/mol. The molecular formula is C15H13FN2OS. The van der Waals surface area contributed by atoms with Crippen LogP contribution in [-0.4, -0.2) is 10.9 Å². The number of benzene rings is 2. The Hall–Kier alpha value is -2.27. The third-order valence-corrected chi connectivity index (χ3v) is 3.05. The van der Waals surface area contributed by atoms with Gasteiger partial charge in [0.1, 0.15) is 11.7 Å². The van der Waals surface area contributed by atoms with Gasteiger partial charge in [0.05, 0.1) is 10.7 Å². The molecule has 0 aliphatic carbocycles. The molecule has 0 saturated heterocycles. The number of carbonyl (C=O) groups is 1. The van der Waals surface area contributed by atoms with Gasteiger partial charge < -0.3 is 11.1 Å². The molecule has 1 unspecified atom stereocenters. The van der Waals surface area contributed by atoms with Crippen LogP contribution >= 0.6 is 12.2 Å². The number of hydrogen-bond donors (Lipinski definition) is 2. The fourth-order valence-corrected chi connectivity index (χ4v) is 2.10. The Morgan fingerprint density at radius 3 is 2.30 bits per heavy atom. The third-order valence-electron chi connectivity index (χ3n) is 2.81. The van der Waals surface area contributed by atoms with Gasteiger partial charge in [0, 0.05) is 0 Å². The summed E-state index contributed by atoms with van der Waals surface area (Å²) in [4.78, 5) is 12.3. The third kappa shape index (κ3) is 3.19. The average molecular weight is 288 g/mol. The Kier molecular flexibility index (Phi) is 4.42. The lowest BCUT2D eigenvalue weighted by Crippen LogP contribution is -2.31. The maximum atomic E-state index is 13.5. The Morgan fingerprint density at radius 1 is 1.10 bits per heavy atom. The minimum atomic E-state index is -0.786. The van der Waals surface area contributed by atoms with Crippen molar-refractivity contribution < 1.29 is 9.18 Å². The lowest BCUT2D eigenvalue weighted by molar-refractivity contribution is -0.116. The van der Waals surface area contributed by atoms with E-state index in [-0.39, 0.29) is 10.7 Å². The van der Waals surface area contributed by atoms with Gasteiger partial charge in [0.15, 0.2) is 0 Å². The number of para-hydroxylation sites is 1. The van der Waals surface area contributed by atoms with Crippen molar-refractivity contribution in [1.82, 2.24) is 0 Å². The van der Waals surface area contributed by atoms with Gasteiger partial charge >= 0.3 is 0 Å². The van der Waals surface area contributed by atoms with Crippen molar-refractivity contribution in [3.8, 4) is 0 Å². The number of carbonyl (C=O) groups excluding carboxylic acids is 1. The number of nitrogens with one attached hydrogen (secondary N) is 1. The van der Waals surface area contributed by atoms with Crippen molar-refractivity contribution in [2.45, 2.75) is 5.92 Å². The molecule has 20 heavy (non-hydrogen) atoms. The quantitative estimate of drug-likeness (QED) is 0.851. The van der Waals surface area contributed by atoms with Crippen molar-refractivity contribution in [3.05, 3.63) is 66.0 Å². The molecule has 0 radical (unpaired) electrons. The molecule has 1 amide bonds. The molecule has 0 aliphatic heterocycles. The van der Waals surface area contributed by atoms with Crippen LogP contribution in [0.4, 0.5) is 10.1 Å². The Morgan fingerprint density at radius 2 is 1.70 bits per heavy atom. The van der Waals surface area contributed by atoms with Crippen LogP contribution in [0.25, 0.3) is 0 Å². The smallest absolute Gasteiger partial charge is 0.238 e. The van der Waals surface area contributed by atoms with Gasteiger partial charge in [-0.15, -0.1) is 0 Å². The molecule has 2 aromatic carbocycles. The summed E-state index contributed by atoms with van der Waals surface area (Å²) in [5.74, 6) is -1.74. The highest BCUT2D eigenvalue weighted by Crippen LogP contribution is 2.20. The van der Waals surface area contributed by atoms with E-state index in [1.54, 1.807) is 36.4 Å². The molecular weight excluding hydrogens is 275 g/mol. The zero-order valence-corrected chi connectivity index (χ0v) is 11.4. The standard InChI is InChI=1S/C15H13FN2OS/c16-11-8-4-5-9-12(11)18-15(19)13(14(17)20)10-6-2-1-3-7-10/h1-9,13H,(H2,17,20)(H,18,19). The summed E-state index contributed by atoms with van der Waals surface area (Å²) >= 11 is 4.95. The number of anilines is 1. The molecule has 3 N–H and O–H groups in total. The molecule has 0 heterocycles. The SMILES string of the molecule is NC(=S)C(C(=O)Nc1ccccc1F)c1ccccc1. The van der Waals surface area contributed by atoms with Crippen LogP contribution in [0.15, 0.2) is 54.6 Å². The second-order valence-corrected chi connectivity index (χ2v) is 4.69. The maximum absolute atomic E-state index is 13.5. The summed E-state index contributed by atoms with van der Waals surface area (Å²) in [6, 6.07) is 14.9. The first-order valence-corrected chi connectivity index (χ1v) is 6.40. The normalized spacial score (nSPS) is 11.7. The van der Waals surface area contributed by atoms with Gasteiger partial charge in [-0.3, -0.25) is 4.79 Å². The van der Waals surface area contributed by atoms with Crippen molar-refractivity contribution in [2.75, 3.05) is 5.32 Å². The molecule has 2 aromatic rings. The monoisotopic (exact) mass is 288 g/mol. The van der Waals surface area contributed by atoms with Crippen LogP contribution in [0.3, 0.4) is 0 Å². The molecule has 1 atom stereocenters. The van der Waals surface area contributed by atoms with E-state index in [2.05, 4.69) is 5.32 Å². The van der Waals surface area contributed by atoms with Crippen LogP contribution < -0.4 is 11.1 Å². The lowest BCUT2D eigenvalue weighted by atomic mass is 9.98. The fourth-order valence-electron chi connectivity index (χ4n) is 1.86. The van der Waals surface area contributed by atoms with E-state index in [1.807, 2.05) is 6.07 Å². The topological polar surface area (TPSA) is 55.1 Å². The van der Waals surface area contributed by atoms with Crippen molar-refractivity contribution in [2.24, 2.45) is 5.73 Å². The van der Waals surface area contributed by atoms with Gasteiger partial charge in [0.2, 0.25) is 5.91 Å². The fraction of sp³-hybridized carbons (Fsp3) is 0.0667. The Balaban J connectivity index is 2.25. The second kappa shape index (κ2) is 6.25. The molecule has 2 rings (SSSR count). The molecule has 0 aromatic heterocycles. The first-order chi connectivity index (χ1) is 9.59. The van der Waals surface area contributed by atoms with Crippen molar-refractivity contribution >= 4 is 28.8 Å². The predicted octanol–water partition coefficient (Wildman–Crippen LogP) is 2.83. The highest BCUT2D eigenvalue weighted by molar-refractivity contribution is 7.80. The first-order valence-electron chi connectivity index (χ1n) is 5.99. The molecule has 0 fully saturated rings. The maximum Gasteiger partial charge on any atom is 0.238 e. The number of rotatable bonds is 4. The van der Waals surface area contributed by atoms with Crippen molar-refractivity contribution in [1.29, 1.82) is 0 Å². The van der Waals surface area contributed by atoms with E-state index in [1.165, 1.54) is 12.1 Å². The molecule has 0 aliphatic rings. The van der Waals surface area contributed by atoms with Crippen LogP contribution in [0.5, 0.6) is 0 Å². The Labute approximate surface area is 121 Å². The molecule has 0 bridgehead atoms. The molecule has 5 heteroatoms. The lowest BCUT2D eigenvalue weighted by Gasteiger charge is -2.16. The van der Waals surface area contributed by atoms with Gasteiger partial charge in [-0.2, -0.15) is 0 Å². The molecule has 0 spiro atoms. The summed E-state index contributed by atoms with van der Waals surface area (Å²) in [6.07, 6.45) is 0. The molecule has 0 saturated carbocycles.